The van der Waals surface area contributed by atoms with Gasteiger partial charge in [-0.25, -0.2) is 4.98 Å². The summed E-state index contributed by atoms with van der Waals surface area (Å²) < 4.78 is 5.89. The standard InChI is InChI=1S/C16H19ClN2O/c1-5-15-18-14(17)9-16(19-15)20-13-8-12(10(2)3)7-6-11(13)4/h6-10H,5H2,1-4H3. The quantitative estimate of drug-likeness (QED) is 0.750. The van der Waals surface area contributed by atoms with E-state index in [9.17, 15) is 0 Å². The van der Waals surface area contributed by atoms with Crippen LogP contribution in [-0.2, 0) is 6.42 Å². The van der Waals surface area contributed by atoms with Gasteiger partial charge < -0.3 is 4.74 Å². The zero-order chi connectivity index (χ0) is 14.7. The van der Waals surface area contributed by atoms with Gasteiger partial charge in [0.25, 0.3) is 0 Å². The Morgan fingerprint density at radius 2 is 1.95 bits per heavy atom. The van der Waals surface area contributed by atoms with Crippen LogP contribution in [0.15, 0.2) is 24.3 Å². The number of hydrogen-bond donors (Lipinski definition) is 0. The van der Waals surface area contributed by atoms with Crippen molar-refractivity contribution in [1.29, 1.82) is 0 Å². The molecule has 0 unspecified atom stereocenters. The summed E-state index contributed by atoms with van der Waals surface area (Å²) in [6, 6.07) is 7.88. The van der Waals surface area contributed by atoms with Crippen LogP contribution >= 0.6 is 11.6 Å². The molecule has 106 valence electrons. The molecule has 1 aromatic carbocycles. The first-order valence-electron chi connectivity index (χ1n) is 6.81. The fourth-order valence-corrected chi connectivity index (χ4v) is 2.04. The summed E-state index contributed by atoms with van der Waals surface area (Å²) in [6.45, 7) is 8.32. The highest BCUT2D eigenvalue weighted by Crippen LogP contribution is 2.28. The van der Waals surface area contributed by atoms with Crippen LogP contribution in [0.4, 0.5) is 0 Å². The highest BCUT2D eigenvalue weighted by Gasteiger charge is 2.08. The highest BCUT2D eigenvalue weighted by molar-refractivity contribution is 6.29. The summed E-state index contributed by atoms with van der Waals surface area (Å²) in [5.74, 6) is 2.45. The SMILES string of the molecule is CCc1nc(Cl)cc(Oc2cc(C(C)C)ccc2C)n1. The van der Waals surface area contributed by atoms with Crippen LogP contribution in [0.3, 0.4) is 0 Å². The fourth-order valence-electron chi connectivity index (χ4n) is 1.85. The normalized spacial score (nSPS) is 10.9. The van der Waals surface area contributed by atoms with Gasteiger partial charge in [0.05, 0.1) is 0 Å². The van der Waals surface area contributed by atoms with Crippen molar-refractivity contribution >= 4 is 11.6 Å². The van der Waals surface area contributed by atoms with Gasteiger partial charge in [-0.3, -0.25) is 0 Å². The number of rotatable bonds is 4. The Morgan fingerprint density at radius 3 is 2.60 bits per heavy atom. The molecule has 0 saturated heterocycles. The van der Waals surface area contributed by atoms with Crippen molar-refractivity contribution < 1.29 is 4.74 Å². The Labute approximate surface area is 125 Å². The van der Waals surface area contributed by atoms with Crippen LogP contribution in [-0.4, -0.2) is 9.97 Å². The molecule has 0 aliphatic heterocycles. The Kier molecular flexibility index (Phi) is 4.61. The van der Waals surface area contributed by atoms with Gasteiger partial charge in [-0.15, -0.1) is 0 Å². The average molecular weight is 291 g/mol. The van der Waals surface area contributed by atoms with Gasteiger partial charge in [0.1, 0.15) is 16.7 Å². The largest absolute Gasteiger partial charge is 0.439 e. The number of ether oxygens (including phenoxy) is 1. The van der Waals surface area contributed by atoms with Crippen LogP contribution < -0.4 is 4.74 Å². The third-order valence-corrected chi connectivity index (χ3v) is 3.32. The fraction of sp³-hybridized carbons (Fsp3) is 0.375. The van der Waals surface area contributed by atoms with Gasteiger partial charge in [0.2, 0.25) is 5.88 Å². The molecule has 0 radical (unpaired) electrons. The van der Waals surface area contributed by atoms with E-state index in [1.807, 2.05) is 13.8 Å². The zero-order valence-corrected chi connectivity index (χ0v) is 13.0. The lowest BCUT2D eigenvalue weighted by molar-refractivity contribution is 0.454. The van der Waals surface area contributed by atoms with Crippen LogP contribution in [0.5, 0.6) is 11.6 Å². The van der Waals surface area contributed by atoms with Crippen molar-refractivity contribution in [2.24, 2.45) is 0 Å². The number of benzene rings is 1. The number of hydrogen-bond acceptors (Lipinski definition) is 3. The average Bonchev–Trinajstić information content (AvgIpc) is 2.40. The first-order valence-corrected chi connectivity index (χ1v) is 7.19. The number of nitrogens with zero attached hydrogens (tertiary/aromatic N) is 2. The molecule has 0 atom stereocenters. The molecule has 0 amide bonds. The summed E-state index contributed by atoms with van der Waals surface area (Å²) in [4.78, 5) is 8.48. The molecule has 1 heterocycles. The van der Waals surface area contributed by atoms with Gasteiger partial charge in [0.15, 0.2) is 0 Å². The molecule has 0 N–H and O–H groups in total. The molecule has 0 aliphatic carbocycles. The molecule has 0 bridgehead atoms. The number of aromatic nitrogens is 2. The van der Waals surface area contributed by atoms with E-state index in [1.165, 1.54) is 5.56 Å². The first-order chi connectivity index (χ1) is 9.49. The summed E-state index contributed by atoms with van der Waals surface area (Å²) in [7, 11) is 0. The lowest BCUT2D eigenvalue weighted by Gasteiger charge is -2.12. The number of halogens is 1. The third kappa shape index (κ3) is 3.48. The smallest absolute Gasteiger partial charge is 0.224 e. The Balaban J connectivity index is 2.34. The highest BCUT2D eigenvalue weighted by atomic mass is 35.5. The number of aryl methyl sites for hydroxylation is 2. The molecule has 4 heteroatoms. The van der Waals surface area contributed by atoms with Gasteiger partial charge in [0, 0.05) is 12.5 Å². The maximum atomic E-state index is 5.99. The van der Waals surface area contributed by atoms with E-state index in [0.717, 1.165) is 17.7 Å². The van der Waals surface area contributed by atoms with Crippen molar-refractivity contribution in [2.45, 2.75) is 40.0 Å². The molecule has 1 aromatic heterocycles. The molecular weight excluding hydrogens is 272 g/mol. The molecule has 2 aromatic rings. The second-order valence-corrected chi connectivity index (χ2v) is 5.47. The lowest BCUT2D eigenvalue weighted by atomic mass is 10.0. The van der Waals surface area contributed by atoms with E-state index < -0.39 is 0 Å². The minimum Gasteiger partial charge on any atom is -0.439 e. The maximum Gasteiger partial charge on any atom is 0.224 e. The Morgan fingerprint density at radius 1 is 1.20 bits per heavy atom. The molecule has 0 aliphatic rings. The second kappa shape index (κ2) is 6.23. The van der Waals surface area contributed by atoms with E-state index in [1.54, 1.807) is 6.07 Å². The zero-order valence-electron chi connectivity index (χ0n) is 12.3. The summed E-state index contributed by atoms with van der Waals surface area (Å²) in [5.41, 5.74) is 2.31. The van der Waals surface area contributed by atoms with Crippen LogP contribution in [0, 0.1) is 6.92 Å². The second-order valence-electron chi connectivity index (χ2n) is 5.08. The molecule has 0 saturated carbocycles. The monoisotopic (exact) mass is 290 g/mol. The lowest BCUT2D eigenvalue weighted by Crippen LogP contribution is -1.98. The molecule has 2 rings (SSSR count). The minimum absolute atomic E-state index is 0.407. The van der Waals surface area contributed by atoms with Crippen molar-refractivity contribution in [1.82, 2.24) is 9.97 Å². The van der Waals surface area contributed by atoms with Crippen LogP contribution in [0.2, 0.25) is 5.15 Å². The van der Waals surface area contributed by atoms with Crippen LogP contribution in [0.25, 0.3) is 0 Å². The summed E-state index contributed by atoms with van der Waals surface area (Å²) >= 11 is 5.99. The predicted octanol–water partition coefficient (Wildman–Crippen LogP) is 4.92. The predicted molar refractivity (Wildman–Crippen MR) is 81.8 cm³/mol. The maximum absolute atomic E-state index is 5.99. The molecule has 0 spiro atoms. The third-order valence-electron chi connectivity index (χ3n) is 3.13. The Hall–Kier alpha value is -1.61. The molecule has 0 fully saturated rings. The first kappa shape index (κ1) is 14.8. The van der Waals surface area contributed by atoms with Gasteiger partial charge in [-0.2, -0.15) is 4.98 Å². The van der Waals surface area contributed by atoms with E-state index in [0.29, 0.717) is 22.8 Å². The topological polar surface area (TPSA) is 35.0 Å². The van der Waals surface area contributed by atoms with Gasteiger partial charge in [-0.05, 0) is 30.0 Å². The minimum atomic E-state index is 0.407. The van der Waals surface area contributed by atoms with E-state index in [-0.39, 0.29) is 0 Å². The van der Waals surface area contributed by atoms with E-state index in [4.69, 9.17) is 16.3 Å². The van der Waals surface area contributed by atoms with Gasteiger partial charge in [-0.1, -0.05) is 44.5 Å². The molecular formula is C16H19ClN2O. The molecule has 3 nitrogen and oxygen atoms in total. The van der Waals surface area contributed by atoms with E-state index >= 15 is 0 Å². The molecule has 20 heavy (non-hydrogen) atoms. The Bertz CT molecular complexity index is 611. The summed E-state index contributed by atoms with van der Waals surface area (Å²) in [6.07, 6.45) is 0.724. The summed E-state index contributed by atoms with van der Waals surface area (Å²) in [5, 5.41) is 0.407. The van der Waals surface area contributed by atoms with Gasteiger partial charge >= 0.3 is 0 Å². The van der Waals surface area contributed by atoms with Crippen LogP contribution in [0.1, 0.15) is 43.6 Å². The van der Waals surface area contributed by atoms with Crippen molar-refractivity contribution in [2.75, 3.05) is 0 Å². The van der Waals surface area contributed by atoms with Crippen molar-refractivity contribution in [3.05, 3.63) is 46.4 Å². The van der Waals surface area contributed by atoms with E-state index in [2.05, 4.69) is 42.0 Å². The van der Waals surface area contributed by atoms with Crippen molar-refractivity contribution in [3.63, 3.8) is 0 Å². The van der Waals surface area contributed by atoms with Crippen molar-refractivity contribution in [3.8, 4) is 11.6 Å².